The summed E-state index contributed by atoms with van der Waals surface area (Å²) in [5.74, 6) is 0. The number of para-hydroxylation sites is 2. The molecule has 0 N–H and O–H groups in total. The lowest BCUT2D eigenvalue weighted by Gasteiger charge is -2.28. The first-order chi connectivity index (χ1) is 26.3. The number of benzene rings is 9. The molecular formula is C52H37N. The summed E-state index contributed by atoms with van der Waals surface area (Å²) in [4.78, 5) is 2.38. The topological polar surface area (TPSA) is 3.24 Å². The average molecular weight is 676 g/mol. The van der Waals surface area contributed by atoms with Crippen molar-refractivity contribution in [2.45, 2.75) is 0 Å². The molecule has 9 rings (SSSR count). The van der Waals surface area contributed by atoms with E-state index < -0.39 is 0 Å². The van der Waals surface area contributed by atoms with Crippen LogP contribution in [0.2, 0.25) is 0 Å². The highest BCUT2D eigenvalue weighted by Gasteiger charge is 2.20. The lowest BCUT2D eigenvalue weighted by atomic mass is 9.87. The quantitative estimate of drug-likeness (QED) is 0.155. The Kier molecular flexibility index (Phi) is 8.66. The highest BCUT2D eigenvalue weighted by Crippen LogP contribution is 2.46. The lowest BCUT2D eigenvalue weighted by molar-refractivity contribution is 1.28. The van der Waals surface area contributed by atoms with Gasteiger partial charge in [-0.2, -0.15) is 0 Å². The van der Waals surface area contributed by atoms with Gasteiger partial charge in [0.25, 0.3) is 0 Å². The van der Waals surface area contributed by atoms with E-state index in [0.29, 0.717) is 0 Å². The van der Waals surface area contributed by atoms with E-state index in [4.69, 9.17) is 0 Å². The predicted molar refractivity (Wildman–Crippen MR) is 226 cm³/mol. The lowest BCUT2D eigenvalue weighted by Crippen LogP contribution is -2.11. The maximum Gasteiger partial charge on any atom is 0.0540 e. The van der Waals surface area contributed by atoms with Crippen LogP contribution < -0.4 is 4.90 Å². The number of hydrogen-bond donors (Lipinski definition) is 0. The van der Waals surface area contributed by atoms with Crippen LogP contribution in [-0.4, -0.2) is 0 Å². The Hall–Kier alpha value is -6.96. The first kappa shape index (κ1) is 32.0. The van der Waals surface area contributed by atoms with Crippen LogP contribution in [0.4, 0.5) is 17.1 Å². The molecule has 0 fully saturated rings. The van der Waals surface area contributed by atoms with Gasteiger partial charge in [0.05, 0.1) is 5.69 Å². The van der Waals surface area contributed by atoms with Crippen LogP contribution >= 0.6 is 0 Å². The molecule has 1 nitrogen and oxygen atoms in total. The molecule has 0 bridgehead atoms. The fourth-order valence-corrected chi connectivity index (χ4v) is 7.57. The Morgan fingerprint density at radius 3 is 1.45 bits per heavy atom. The molecule has 250 valence electrons. The highest BCUT2D eigenvalue weighted by atomic mass is 15.1. The monoisotopic (exact) mass is 675 g/mol. The minimum absolute atomic E-state index is 1.10. The Bertz CT molecular complexity index is 2640. The molecule has 0 aromatic heterocycles. The van der Waals surface area contributed by atoms with Crippen molar-refractivity contribution in [3.05, 3.63) is 224 Å². The van der Waals surface area contributed by atoms with E-state index in [-0.39, 0.29) is 0 Å². The van der Waals surface area contributed by atoms with E-state index in [9.17, 15) is 0 Å². The molecule has 0 radical (unpaired) electrons. The van der Waals surface area contributed by atoms with E-state index in [1.54, 1.807) is 0 Å². The van der Waals surface area contributed by atoms with Crippen molar-refractivity contribution in [2.24, 2.45) is 0 Å². The molecule has 53 heavy (non-hydrogen) atoms. The molecule has 0 spiro atoms. The van der Waals surface area contributed by atoms with Gasteiger partial charge in [-0.15, -0.1) is 0 Å². The molecule has 0 aliphatic heterocycles. The summed E-state index contributed by atoms with van der Waals surface area (Å²) in [6, 6.07) is 80.8. The van der Waals surface area contributed by atoms with Crippen LogP contribution in [-0.2, 0) is 0 Å². The second-order valence-corrected chi connectivity index (χ2v) is 13.3. The van der Waals surface area contributed by atoms with Gasteiger partial charge in [0.15, 0.2) is 0 Å². The van der Waals surface area contributed by atoms with Gasteiger partial charge in [-0.05, 0) is 97.2 Å². The summed E-state index contributed by atoms with van der Waals surface area (Å²) < 4.78 is 0. The summed E-state index contributed by atoms with van der Waals surface area (Å²) >= 11 is 0. The molecule has 9 aromatic carbocycles. The molecule has 0 saturated carbocycles. The third-order valence-corrected chi connectivity index (χ3v) is 10.1. The summed E-state index contributed by atoms with van der Waals surface area (Å²) in [6.07, 6.45) is 0. The van der Waals surface area contributed by atoms with Gasteiger partial charge in [0, 0.05) is 16.9 Å². The van der Waals surface area contributed by atoms with Crippen LogP contribution in [0.3, 0.4) is 0 Å². The van der Waals surface area contributed by atoms with Gasteiger partial charge in [-0.25, -0.2) is 0 Å². The van der Waals surface area contributed by atoms with Crippen LogP contribution in [0, 0.1) is 0 Å². The van der Waals surface area contributed by atoms with Crippen molar-refractivity contribution in [3.8, 4) is 55.6 Å². The van der Waals surface area contributed by atoms with Gasteiger partial charge in [0.1, 0.15) is 0 Å². The third-order valence-electron chi connectivity index (χ3n) is 10.1. The second-order valence-electron chi connectivity index (χ2n) is 13.3. The largest absolute Gasteiger partial charge is 0.310 e. The van der Waals surface area contributed by atoms with Gasteiger partial charge in [0.2, 0.25) is 0 Å². The number of anilines is 3. The average Bonchev–Trinajstić information content (AvgIpc) is 3.25. The molecule has 1 heteroatoms. The third kappa shape index (κ3) is 6.30. The number of nitrogens with zero attached hydrogens (tertiary/aromatic N) is 1. The number of fused-ring (bicyclic) bond motifs is 1. The zero-order valence-corrected chi connectivity index (χ0v) is 29.3. The number of rotatable bonds is 8. The maximum absolute atomic E-state index is 2.38. The molecule has 9 aromatic rings. The Morgan fingerprint density at radius 1 is 0.245 bits per heavy atom. The molecule has 0 unspecified atom stereocenters. The predicted octanol–water partition coefficient (Wildman–Crippen LogP) is 14.6. The summed E-state index contributed by atoms with van der Waals surface area (Å²) in [5.41, 5.74) is 15.3. The summed E-state index contributed by atoms with van der Waals surface area (Å²) in [5, 5.41) is 2.51. The Balaban J connectivity index is 1.19. The fraction of sp³-hybridized carbons (Fsp3) is 0. The molecule has 0 aliphatic carbocycles. The van der Waals surface area contributed by atoms with Crippen molar-refractivity contribution < 1.29 is 0 Å². The minimum Gasteiger partial charge on any atom is -0.310 e. The minimum atomic E-state index is 1.10. The Labute approximate surface area is 311 Å². The van der Waals surface area contributed by atoms with Crippen LogP contribution in [0.5, 0.6) is 0 Å². The van der Waals surface area contributed by atoms with Crippen LogP contribution in [0.25, 0.3) is 66.4 Å². The van der Waals surface area contributed by atoms with Crippen molar-refractivity contribution in [1.82, 2.24) is 0 Å². The molecule has 0 atom stereocenters. The normalized spacial score (nSPS) is 11.0. The van der Waals surface area contributed by atoms with E-state index in [1.807, 2.05) is 0 Å². The summed E-state index contributed by atoms with van der Waals surface area (Å²) in [7, 11) is 0. The van der Waals surface area contributed by atoms with Crippen molar-refractivity contribution in [2.75, 3.05) is 4.90 Å². The fourth-order valence-electron chi connectivity index (χ4n) is 7.57. The second kappa shape index (κ2) is 14.3. The van der Waals surface area contributed by atoms with E-state index in [0.717, 1.165) is 22.6 Å². The summed E-state index contributed by atoms with van der Waals surface area (Å²) in [6.45, 7) is 0. The SMILES string of the molecule is c1ccc(-c2ccc(-c3ccccc3-c3ccccc3N(c3ccccc3)c3ccc(-c4cccc5ccccc45)cc3)c(-c3ccccc3)c2)cc1. The van der Waals surface area contributed by atoms with Gasteiger partial charge < -0.3 is 4.90 Å². The van der Waals surface area contributed by atoms with Crippen molar-refractivity contribution in [1.29, 1.82) is 0 Å². The molecule has 0 saturated heterocycles. The van der Waals surface area contributed by atoms with E-state index in [2.05, 4.69) is 229 Å². The van der Waals surface area contributed by atoms with Crippen LogP contribution in [0.15, 0.2) is 224 Å². The molecule has 0 amide bonds. The van der Waals surface area contributed by atoms with E-state index >= 15 is 0 Å². The highest BCUT2D eigenvalue weighted by molar-refractivity contribution is 5.99. The van der Waals surface area contributed by atoms with Crippen LogP contribution in [0.1, 0.15) is 0 Å². The zero-order chi connectivity index (χ0) is 35.4. The van der Waals surface area contributed by atoms with Gasteiger partial charge in [-0.1, -0.05) is 188 Å². The molecule has 0 aliphatic rings. The smallest absolute Gasteiger partial charge is 0.0540 e. The maximum atomic E-state index is 2.38. The van der Waals surface area contributed by atoms with Crippen molar-refractivity contribution >= 4 is 27.8 Å². The molecular weight excluding hydrogens is 639 g/mol. The standard InChI is InChI=1S/C52H37N/c1-4-17-38(18-5-1)42-33-36-49(51(37-42)40-19-6-2-7-20-40)47-26-12-13-27-48(47)50-28-14-15-30-52(50)53(43-23-8-3-9-24-43)44-34-31-41(32-35-44)46-29-16-22-39-21-10-11-25-45(39)46/h1-37H. The van der Waals surface area contributed by atoms with Gasteiger partial charge in [-0.3, -0.25) is 0 Å². The zero-order valence-electron chi connectivity index (χ0n) is 29.3. The van der Waals surface area contributed by atoms with Gasteiger partial charge >= 0.3 is 0 Å². The first-order valence-electron chi connectivity index (χ1n) is 18.2. The van der Waals surface area contributed by atoms with Crippen molar-refractivity contribution in [3.63, 3.8) is 0 Å². The number of hydrogen-bond acceptors (Lipinski definition) is 1. The first-order valence-corrected chi connectivity index (χ1v) is 18.2. The van der Waals surface area contributed by atoms with E-state index in [1.165, 1.54) is 60.8 Å². The molecule has 0 heterocycles. The Morgan fingerprint density at radius 2 is 0.717 bits per heavy atom.